The van der Waals surface area contributed by atoms with Crippen LogP contribution in [0.2, 0.25) is 0 Å². The normalized spacial score (nSPS) is 11.5. The van der Waals surface area contributed by atoms with Gasteiger partial charge in [0, 0.05) is 13.2 Å². The quantitative estimate of drug-likeness (QED) is 0.0652. The number of aliphatic hydroxyl groups is 2. The van der Waals surface area contributed by atoms with Crippen LogP contribution in [0.15, 0.2) is 0 Å². The summed E-state index contributed by atoms with van der Waals surface area (Å²) in [6.07, 6.45) is 50.4. The predicted molar refractivity (Wildman–Crippen MR) is 210 cm³/mol. The highest BCUT2D eigenvalue weighted by Gasteiger charge is 1.98. The molecule has 0 radical (unpaired) electrons. The summed E-state index contributed by atoms with van der Waals surface area (Å²) in [4.78, 5) is 0. The second-order valence-electron chi connectivity index (χ2n) is 15.8. The molecule has 0 heterocycles. The lowest BCUT2D eigenvalue weighted by molar-refractivity contribution is 0.282. The second-order valence-corrected chi connectivity index (χ2v) is 15.8. The smallest absolute Gasteiger partial charge is 0.0431 e. The SMILES string of the molecule is CC(C)CCCCCCCCCCCCCCCCCCCO.CC(C)CCCCCCCCCCCCCCCCCCCO. The van der Waals surface area contributed by atoms with Crippen LogP contribution in [-0.2, 0) is 0 Å². The molecule has 2 nitrogen and oxygen atoms in total. The standard InChI is InChI=1S/2C22H46O/c2*1-22(2)20-18-16-14-12-10-8-6-4-3-5-7-9-11-13-15-17-19-21-23/h2*22-23H,3-21H2,1-2H3. The third kappa shape index (κ3) is 50.8. The first-order chi connectivity index (χ1) is 22.5. The Morgan fingerprint density at radius 3 is 0.478 bits per heavy atom. The van der Waals surface area contributed by atoms with Crippen molar-refractivity contribution in [1.82, 2.24) is 0 Å². The molecule has 2 N–H and O–H groups in total. The van der Waals surface area contributed by atoms with E-state index in [9.17, 15) is 0 Å². The fourth-order valence-corrected chi connectivity index (χ4v) is 6.63. The van der Waals surface area contributed by atoms with Gasteiger partial charge in [0.05, 0.1) is 0 Å². The Bertz CT molecular complexity index is 444. The minimum absolute atomic E-state index is 0.373. The van der Waals surface area contributed by atoms with Crippen molar-refractivity contribution in [3.8, 4) is 0 Å². The zero-order chi connectivity index (χ0) is 34.0. The molecule has 0 spiro atoms. The van der Waals surface area contributed by atoms with Crippen molar-refractivity contribution in [3.05, 3.63) is 0 Å². The first kappa shape index (κ1) is 48.0. The third-order valence-corrected chi connectivity index (χ3v) is 9.88. The molecule has 0 aromatic heterocycles. The molecule has 0 amide bonds. The van der Waals surface area contributed by atoms with Crippen LogP contribution < -0.4 is 0 Å². The summed E-state index contributed by atoms with van der Waals surface area (Å²) in [6.45, 7) is 10.1. The van der Waals surface area contributed by atoms with Gasteiger partial charge in [-0.2, -0.15) is 0 Å². The second kappa shape index (κ2) is 44.9. The van der Waals surface area contributed by atoms with E-state index in [1.807, 2.05) is 0 Å². The molecule has 0 atom stereocenters. The first-order valence-corrected chi connectivity index (χ1v) is 21.8. The van der Waals surface area contributed by atoms with E-state index in [1.54, 1.807) is 0 Å². The highest BCUT2D eigenvalue weighted by atomic mass is 16.3. The molecule has 0 aliphatic carbocycles. The Balaban J connectivity index is 0. The molecule has 0 aromatic carbocycles. The summed E-state index contributed by atoms with van der Waals surface area (Å²) >= 11 is 0. The maximum atomic E-state index is 8.71. The molecule has 0 aromatic rings. The zero-order valence-electron chi connectivity index (χ0n) is 32.9. The summed E-state index contributed by atoms with van der Waals surface area (Å²) in [5.74, 6) is 1.78. The van der Waals surface area contributed by atoms with E-state index in [2.05, 4.69) is 27.7 Å². The largest absolute Gasteiger partial charge is 0.396 e. The van der Waals surface area contributed by atoms with Crippen LogP contribution in [0.4, 0.5) is 0 Å². The monoisotopic (exact) mass is 653 g/mol. The first-order valence-electron chi connectivity index (χ1n) is 21.8. The summed E-state index contributed by atoms with van der Waals surface area (Å²) < 4.78 is 0. The highest BCUT2D eigenvalue weighted by molar-refractivity contribution is 4.53. The molecule has 0 unspecified atom stereocenters. The van der Waals surface area contributed by atoms with Crippen LogP contribution in [0, 0.1) is 11.8 Å². The van der Waals surface area contributed by atoms with Gasteiger partial charge in [-0.1, -0.05) is 246 Å². The third-order valence-electron chi connectivity index (χ3n) is 9.88. The molecule has 0 saturated heterocycles. The molecular formula is C44H92O2. The van der Waals surface area contributed by atoms with E-state index < -0.39 is 0 Å². The minimum atomic E-state index is 0.373. The van der Waals surface area contributed by atoms with Crippen molar-refractivity contribution in [2.24, 2.45) is 11.8 Å². The Hall–Kier alpha value is -0.0800. The Kier molecular flexibility index (Phi) is 46.9. The van der Waals surface area contributed by atoms with Crippen LogP contribution in [0.25, 0.3) is 0 Å². The number of unbranched alkanes of at least 4 members (excludes halogenated alkanes) is 32. The van der Waals surface area contributed by atoms with Gasteiger partial charge >= 0.3 is 0 Å². The molecule has 280 valence electrons. The lowest BCUT2D eigenvalue weighted by Gasteiger charge is -2.05. The van der Waals surface area contributed by atoms with Gasteiger partial charge in [-0.15, -0.1) is 0 Å². The van der Waals surface area contributed by atoms with Gasteiger partial charge in [0.2, 0.25) is 0 Å². The molecule has 0 saturated carbocycles. The Morgan fingerprint density at radius 1 is 0.217 bits per heavy atom. The molecule has 0 aliphatic rings. The van der Waals surface area contributed by atoms with Gasteiger partial charge in [0.25, 0.3) is 0 Å². The van der Waals surface area contributed by atoms with E-state index in [-0.39, 0.29) is 0 Å². The number of rotatable bonds is 38. The van der Waals surface area contributed by atoms with E-state index >= 15 is 0 Å². The maximum Gasteiger partial charge on any atom is 0.0431 e. The van der Waals surface area contributed by atoms with Gasteiger partial charge in [-0.3, -0.25) is 0 Å². The Morgan fingerprint density at radius 2 is 0.348 bits per heavy atom. The Labute approximate surface area is 293 Å². The minimum Gasteiger partial charge on any atom is -0.396 e. The van der Waals surface area contributed by atoms with Crippen LogP contribution in [0.3, 0.4) is 0 Å². The average molecular weight is 653 g/mol. The van der Waals surface area contributed by atoms with Crippen molar-refractivity contribution >= 4 is 0 Å². The van der Waals surface area contributed by atoms with E-state index in [1.165, 1.54) is 218 Å². The van der Waals surface area contributed by atoms with E-state index in [4.69, 9.17) is 10.2 Å². The molecular weight excluding hydrogens is 560 g/mol. The fraction of sp³-hybridized carbons (Fsp3) is 1.00. The fourth-order valence-electron chi connectivity index (χ4n) is 6.63. The van der Waals surface area contributed by atoms with Gasteiger partial charge in [0.1, 0.15) is 0 Å². The van der Waals surface area contributed by atoms with E-state index in [0.717, 1.165) is 24.7 Å². The molecule has 0 rings (SSSR count). The molecule has 46 heavy (non-hydrogen) atoms. The van der Waals surface area contributed by atoms with Crippen LogP contribution in [0.1, 0.15) is 259 Å². The molecule has 2 heteroatoms. The van der Waals surface area contributed by atoms with Crippen LogP contribution in [0.5, 0.6) is 0 Å². The number of hydrogen-bond acceptors (Lipinski definition) is 2. The van der Waals surface area contributed by atoms with Crippen molar-refractivity contribution in [2.75, 3.05) is 13.2 Å². The predicted octanol–water partition coefficient (Wildman–Crippen LogP) is 15.3. The summed E-state index contributed by atoms with van der Waals surface area (Å²) in [7, 11) is 0. The zero-order valence-corrected chi connectivity index (χ0v) is 32.9. The van der Waals surface area contributed by atoms with Crippen LogP contribution >= 0.6 is 0 Å². The molecule has 0 bridgehead atoms. The van der Waals surface area contributed by atoms with Crippen LogP contribution in [-0.4, -0.2) is 23.4 Å². The van der Waals surface area contributed by atoms with E-state index in [0.29, 0.717) is 13.2 Å². The highest BCUT2D eigenvalue weighted by Crippen LogP contribution is 2.17. The molecule has 0 fully saturated rings. The van der Waals surface area contributed by atoms with Gasteiger partial charge in [-0.25, -0.2) is 0 Å². The maximum absolute atomic E-state index is 8.71. The van der Waals surface area contributed by atoms with Crippen molar-refractivity contribution in [2.45, 2.75) is 259 Å². The number of hydrogen-bond donors (Lipinski definition) is 2. The lowest BCUT2D eigenvalue weighted by Crippen LogP contribution is -1.87. The summed E-state index contributed by atoms with van der Waals surface area (Å²) in [5.41, 5.74) is 0. The van der Waals surface area contributed by atoms with Crippen molar-refractivity contribution < 1.29 is 10.2 Å². The lowest BCUT2D eigenvalue weighted by atomic mass is 10.0. The molecule has 0 aliphatic heterocycles. The summed E-state index contributed by atoms with van der Waals surface area (Å²) in [5, 5.41) is 17.4. The van der Waals surface area contributed by atoms with Crippen molar-refractivity contribution in [1.29, 1.82) is 0 Å². The van der Waals surface area contributed by atoms with Crippen molar-refractivity contribution in [3.63, 3.8) is 0 Å². The average Bonchev–Trinajstić information content (AvgIpc) is 3.03. The van der Waals surface area contributed by atoms with Gasteiger partial charge in [-0.05, 0) is 24.7 Å². The topological polar surface area (TPSA) is 40.5 Å². The van der Waals surface area contributed by atoms with Gasteiger partial charge in [0.15, 0.2) is 0 Å². The summed E-state index contributed by atoms with van der Waals surface area (Å²) in [6, 6.07) is 0. The van der Waals surface area contributed by atoms with Gasteiger partial charge < -0.3 is 10.2 Å². The number of aliphatic hydroxyl groups excluding tert-OH is 2.